The predicted molar refractivity (Wildman–Crippen MR) is 256 cm³/mol. The van der Waals surface area contributed by atoms with Gasteiger partial charge < -0.3 is 18.6 Å². The third kappa shape index (κ3) is 12.2. The van der Waals surface area contributed by atoms with Crippen molar-refractivity contribution in [2.75, 3.05) is 36.0 Å². The van der Waals surface area contributed by atoms with Crippen LogP contribution < -0.4 is 9.80 Å². The van der Waals surface area contributed by atoms with Crippen molar-refractivity contribution >= 4 is 66.0 Å². The van der Waals surface area contributed by atoms with Crippen molar-refractivity contribution in [3.8, 4) is 0 Å². The molecule has 0 N–H and O–H groups in total. The Morgan fingerprint density at radius 3 is 0.948 bits per heavy atom. The van der Waals surface area contributed by atoms with Gasteiger partial charge in [-0.25, -0.2) is 0 Å². The van der Waals surface area contributed by atoms with Crippen molar-refractivity contribution in [1.82, 2.24) is 0 Å². The Hall–Kier alpha value is -3.66. The molecule has 6 aromatic rings. The molecule has 4 aromatic carbocycles. The number of hydrogen-bond donors (Lipinski definition) is 0. The van der Waals surface area contributed by atoms with Crippen molar-refractivity contribution in [3.63, 3.8) is 0 Å². The molecule has 0 saturated carbocycles. The first-order valence-corrected chi connectivity index (χ1v) is 24.4. The van der Waals surface area contributed by atoms with Crippen molar-refractivity contribution in [2.45, 2.75) is 182 Å². The molecular formula is C54H78N2O2. The third-order valence-corrected chi connectivity index (χ3v) is 12.8. The van der Waals surface area contributed by atoms with Crippen molar-refractivity contribution in [1.29, 1.82) is 0 Å². The van der Waals surface area contributed by atoms with Crippen molar-refractivity contribution in [2.24, 2.45) is 0 Å². The summed E-state index contributed by atoms with van der Waals surface area (Å²) in [5.41, 5.74) is 2.00. The van der Waals surface area contributed by atoms with Crippen LogP contribution in [-0.2, 0) is 0 Å². The Balaban J connectivity index is 1.23. The molecule has 0 unspecified atom stereocenters. The smallest absolute Gasteiger partial charge is 0.196 e. The zero-order chi connectivity index (χ0) is 40.4. The summed E-state index contributed by atoms with van der Waals surface area (Å²) >= 11 is 0. The molecule has 2 heterocycles. The minimum Gasteiger partial charge on any atom is -0.441 e. The van der Waals surface area contributed by atoms with Gasteiger partial charge in [-0.05, 0) is 82.3 Å². The minimum absolute atomic E-state index is 0.998. The zero-order valence-electron chi connectivity index (χ0n) is 37.3. The van der Waals surface area contributed by atoms with Gasteiger partial charge in [-0.3, -0.25) is 0 Å². The highest BCUT2D eigenvalue weighted by Crippen LogP contribution is 2.38. The van der Waals surface area contributed by atoms with E-state index >= 15 is 0 Å². The van der Waals surface area contributed by atoms with E-state index in [1.165, 1.54) is 197 Å². The molecule has 2 aromatic heterocycles. The normalized spacial score (nSPS) is 12.0. The van der Waals surface area contributed by atoms with Gasteiger partial charge in [0.15, 0.2) is 11.8 Å². The molecule has 4 nitrogen and oxygen atoms in total. The molecule has 316 valence electrons. The topological polar surface area (TPSA) is 32.8 Å². The first kappa shape index (κ1) is 43.9. The number of furan rings is 2. The van der Waals surface area contributed by atoms with E-state index in [2.05, 4.69) is 98.2 Å². The van der Waals surface area contributed by atoms with Crippen LogP contribution in [0.1, 0.15) is 182 Å². The first-order chi connectivity index (χ1) is 28.6. The molecule has 0 fully saturated rings. The predicted octanol–water partition coefficient (Wildman–Crippen LogP) is 17.7. The number of unbranched alkanes of at least 4 members (excludes halogenated alkanes) is 20. The van der Waals surface area contributed by atoms with Gasteiger partial charge in [0.2, 0.25) is 0 Å². The fourth-order valence-electron chi connectivity index (χ4n) is 9.22. The van der Waals surface area contributed by atoms with E-state index in [1.54, 1.807) is 0 Å². The number of hydrogen-bond acceptors (Lipinski definition) is 4. The Bertz CT molecular complexity index is 1910. The standard InChI is InChI=1S/C54H78N2O2/c1-5-9-13-17-21-25-33-55(34-26-22-18-14-10-6-2)53-41-45-37-49-43(39-51(45)57-53)29-31-48-47(49)32-30-44-40-52-46(38-50(44)48)42-54(58-52)56(35-27-23-19-15-11-7-3)36-28-24-20-16-12-8-4/h29-32,37-42H,5-28,33-36H2,1-4H3. The largest absolute Gasteiger partial charge is 0.441 e. The highest BCUT2D eigenvalue weighted by atomic mass is 16.4. The second-order valence-corrected chi connectivity index (χ2v) is 17.7. The summed E-state index contributed by atoms with van der Waals surface area (Å²) in [5.74, 6) is 2.09. The lowest BCUT2D eigenvalue weighted by Gasteiger charge is -2.22. The molecule has 6 rings (SSSR count). The highest BCUT2D eigenvalue weighted by molar-refractivity contribution is 6.20. The van der Waals surface area contributed by atoms with Gasteiger partial charge in [0.05, 0.1) is 0 Å². The lowest BCUT2D eigenvalue weighted by atomic mass is 9.96. The number of nitrogens with zero attached hydrogens (tertiary/aromatic N) is 2. The van der Waals surface area contributed by atoms with Crippen LogP contribution in [0.5, 0.6) is 0 Å². The number of rotatable bonds is 30. The molecule has 58 heavy (non-hydrogen) atoms. The van der Waals surface area contributed by atoms with E-state index in [9.17, 15) is 0 Å². The second-order valence-electron chi connectivity index (χ2n) is 17.7. The van der Waals surface area contributed by atoms with Gasteiger partial charge in [-0.15, -0.1) is 0 Å². The minimum atomic E-state index is 0.998. The summed E-state index contributed by atoms with van der Waals surface area (Å²) in [7, 11) is 0. The molecule has 0 saturated heterocycles. The third-order valence-electron chi connectivity index (χ3n) is 12.8. The zero-order valence-corrected chi connectivity index (χ0v) is 37.3. The van der Waals surface area contributed by atoms with Gasteiger partial charge in [-0.1, -0.05) is 180 Å². The molecular weight excluding hydrogens is 709 g/mol. The summed E-state index contributed by atoms with van der Waals surface area (Å²) in [4.78, 5) is 5.09. The highest BCUT2D eigenvalue weighted by Gasteiger charge is 2.17. The monoisotopic (exact) mass is 787 g/mol. The average Bonchev–Trinajstić information content (AvgIpc) is 3.86. The maximum atomic E-state index is 6.69. The van der Waals surface area contributed by atoms with Gasteiger partial charge in [-0.2, -0.15) is 0 Å². The van der Waals surface area contributed by atoms with Crippen LogP contribution >= 0.6 is 0 Å². The SMILES string of the molecule is CCCCCCCCN(CCCCCCCC)c1cc2cc3c(ccc4c5cc6cc(N(CCCCCCCC)CCCCCCCC)oc6cc5ccc34)cc2o1. The van der Waals surface area contributed by atoms with E-state index in [0.717, 1.165) is 49.1 Å². The second kappa shape index (κ2) is 23.8. The lowest BCUT2D eigenvalue weighted by molar-refractivity contribution is 0.535. The molecule has 4 heteroatoms. The van der Waals surface area contributed by atoms with Crippen LogP contribution in [0.2, 0.25) is 0 Å². The van der Waals surface area contributed by atoms with Crippen LogP contribution in [0.25, 0.3) is 54.3 Å². The number of benzene rings is 4. The molecule has 0 spiro atoms. The summed E-state index contributed by atoms with van der Waals surface area (Å²) in [5, 5.41) is 10.1. The van der Waals surface area contributed by atoms with Crippen LogP contribution in [0.15, 0.2) is 69.5 Å². The fraction of sp³-hybridized carbons (Fsp3) is 0.593. The van der Waals surface area contributed by atoms with E-state index in [4.69, 9.17) is 8.83 Å². The van der Waals surface area contributed by atoms with E-state index in [1.807, 2.05) is 0 Å². The Kier molecular flexibility index (Phi) is 18.0. The van der Waals surface area contributed by atoms with E-state index < -0.39 is 0 Å². The molecule has 0 aliphatic rings. The fourth-order valence-corrected chi connectivity index (χ4v) is 9.22. The molecule has 0 atom stereocenters. The summed E-state index contributed by atoms with van der Waals surface area (Å²) in [6.07, 6.45) is 31.6. The van der Waals surface area contributed by atoms with Gasteiger partial charge >= 0.3 is 0 Å². The summed E-state index contributed by atoms with van der Waals surface area (Å²) in [6.45, 7) is 13.5. The Morgan fingerprint density at radius 1 is 0.310 bits per heavy atom. The van der Waals surface area contributed by atoms with Gasteiger partial charge in [0, 0.05) is 49.1 Å². The maximum Gasteiger partial charge on any atom is 0.196 e. The summed E-state index contributed by atoms with van der Waals surface area (Å²) in [6, 6.07) is 23.2. The molecule has 0 radical (unpaired) electrons. The van der Waals surface area contributed by atoms with Gasteiger partial charge in [0.1, 0.15) is 11.2 Å². The molecule has 0 bridgehead atoms. The quantitative estimate of drug-likeness (QED) is 0.0336. The Morgan fingerprint density at radius 2 is 0.621 bits per heavy atom. The summed E-state index contributed by atoms with van der Waals surface area (Å²) < 4.78 is 13.4. The van der Waals surface area contributed by atoms with Crippen LogP contribution in [0.4, 0.5) is 11.8 Å². The van der Waals surface area contributed by atoms with Crippen molar-refractivity contribution in [3.05, 3.63) is 60.7 Å². The molecule has 0 aliphatic heterocycles. The molecule has 0 aliphatic carbocycles. The van der Waals surface area contributed by atoms with E-state index in [0.29, 0.717) is 0 Å². The Labute approximate surface area is 352 Å². The van der Waals surface area contributed by atoms with Crippen LogP contribution in [-0.4, -0.2) is 26.2 Å². The number of anilines is 2. The van der Waals surface area contributed by atoms with Crippen LogP contribution in [0.3, 0.4) is 0 Å². The van der Waals surface area contributed by atoms with Gasteiger partial charge in [0.25, 0.3) is 0 Å². The van der Waals surface area contributed by atoms with Crippen LogP contribution in [0, 0.1) is 0 Å². The van der Waals surface area contributed by atoms with E-state index in [-0.39, 0.29) is 0 Å². The lowest BCUT2D eigenvalue weighted by Crippen LogP contribution is -2.25. The first-order valence-electron chi connectivity index (χ1n) is 24.4. The maximum absolute atomic E-state index is 6.69. The number of fused-ring (bicyclic) bond motifs is 7. The van der Waals surface area contributed by atoms with Crippen molar-refractivity contribution < 1.29 is 8.83 Å². The average molecular weight is 787 g/mol. The molecule has 0 amide bonds.